The van der Waals surface area contributed by atoms with Crippen molar-refractivity contribution in [2.75, 3.05) is 6.54 Å². The summed E-state index contributed by atoms with van der Waals surface area (Å²) >= 11 is 5.71. The molecule has 0 atom stereocenters. The van der Waals surface area contributed by atoms with Crippen molar-refractivity contribution in [1.82, 2.24) is 0 Å². The number of hydrogen-bond donors (Lipinski definition) is 1. The van der Waals surface area contributed by atoms with Gasteiger partial charge in [0.05, 0.1) is 0 Å². The lowest BCUT2D eigenvalue weighted by Crippen LogP contribution is -2.07. The van der Waals surface area contributed by atoms with Crippen LogP contribution in [0.25, 0.3) is 0 Å². The molecule has 1 rings (SSSR count). The van der Waals surface area contributed by atoms with Crippen molar-refractivity contribution in [2.45, 2.75) is 6.42 Å². The summed E-state index contributed by atoms with van der Waals surface area (Å²) in [5, 5.41) is 0.581. The molecule has 0 amide bonds. The Morgan fingerprint density at radius 2 is 2.25 bits per heavy atom. The SMILES string of the molecule is NCCC(=O)c1cccc(Cl)c1. The molecule has 0 spiro atoms. The van der Waals surface area contributed by atoms with E-state index < -0.39 is 0 Å². The standard InChI is InChI=1S/C9H10ClNO/c10-8-3-1-2-7(6-8)9(12)4-5-11/h1-3,6H,4-5,11H2. The topological polar surface area (TPSA) is 43.1 Å². The molecule has 0 fully saturated rings. The van der Waals surface area contributed by atoms with E-state index >= 15 is 0 Å². The lowest BCUT2D eigenvalue weighted by Gasteiger charge is -1.98. The summed E-state index contributed by atoms with van der Waals surface area (Å²) in [6.07, 6.45) is 0.375. The van der Waals surface area contributed by atoms with Gasteiger partial charge in [-0.3, -0.25) is 4.79 Å². The van der Waals surface area contributed by atoms with E-state index in [1.165, 1.54) is 0 Å². The molecule has 1 aromatic rings. The van der Waals surface area contributed by atoms with Crippen LogP contribution >= 0.6 is 11.6 Å². The molecular weight excluding hydrogens is 174 g/mol. The third-order valence-electron chi connectivity index (χ3n) is 1.52. The summed E-state index contributed by atoms with van der Waals surface area (Å²) in [4.78, 5) is 11.3. The fourth-order valence-corrected chi connectivity index (χ4v) is 1.13. The van der Waals surface area contributed by atoms with Crippen LogP contribution in [0, 0.1) is 0 Å². The average molecular weight is 184 g/mol. The maximum absolute atomic E-state index is 11.3. The molecule has 0 bridgehead atoms. The quantitative estimate of drug-likeness (QED) is 0.728. The number of benzene rings is 1. The van der Waals surface area contributed by atoms with E-state index in [1.54, 1.807) is 24.3 Å². The molecule has 2 nitrogen and oxygen atoms in total. The van der Waals surface area contributed by atoms with Gasteiger partial charge in [0, 0.05) is 17.0 Å². The Hall–Kier alpha value is -0.860. The number of halogens is 1. The predicted molar refractivity (Wildman–Crippen MR) is 49.5 cm³/mol. The van der Waals surface area contributed by atoms with Gasteiger partial charge in [0.2, 0.25) is 0 Å². The summed E-state index contributed by atoms with van der Waals surface area (Å²) in [5.74, 6) is 0.0417. The third kappa shape index (κ3) is 2.32. The summed E-state index contributed by atoms with van der Waals surface area (Å²) in [6.45, 7) is 0.380. The third-order valence-corrected chi connectivity index (χ3v) is 1.75. The van der Waals surface area contributed by atoms with Gasteiger partial charge >= 0.3 is 0 Å². The molecule has 12 heavy (non-hydrogen) atoms. The minimum Gasteiger partial charge on any atom is -0.330 e. The Bertz CT molecular complexity index is 286. The van der Waals surface area contributed by atoms with Crippen molar-refractivity contribution >= 4 is 17.4 Å². The predicted octanol–water partition coefficient (Wildman–Crippen LogP) is 1.87. The van der Waals surface area contributed by atoms with E-state index in [2.05, 4.69) is 0 Å². The number of carbonyl (C=O) groups excluding carboxylic acids is 1. The maximum atomic E-state index is 11.3. The molecule has 0 heterocycles. The van der Waals surface area contributed by atoms with Crippen LogP contribution in [0.1, 0.15) is 16.8 Å². The van der Waals surface area contributed by atoms with E-state index in [-0.39, 0.29) is 5.78 Å². The molecule has 0 aliphatic heterocycles. The van der Waals surface area contributed by atoms with Gasteiger partial charge in [0.1, 0.15) is 0 Å². The van der Waals surface area contributed by atoms with Crippen LogP contribution in [0.4, 0.5) is 0 Å². The van der Waals surface area contributed by atoms with Gasteiger partial charge in [-0.15, -0.1) is 0 Å². The first-order chi connectivity index (χ1) is 5.74. The Morgan fingerprint density at radius 1 is 1.50 bits per heavy atom. The molecule has 1 aromatic carbocycles. The van der Waals surface area contributed by atoms with Crippen molar-refractivity contribution < 1.29 is 4.79 Å². The summed E-state index contributed by atoms with van der Waals surface area (Å²) in [6, 6.07) is 6.89. The van der Waals surface area contributed by atoms with Gasteiger partial charge in [-0.1, -0.05) is 23.7 Å². The fraction of sp³-hybridized carbons (Fsp3) is 0.222. The number of carbonyl (C=O) groups is 1. The summed E-state index contributed by atoms with van der Waals surface area (Å²) < 4.78 is 0. The molecule has 0 unspecified atom stereocenters. The smallest absolute Gasteiger partial charge is 0.164 e. The van der Waals surface area contributed by atoms with Gasteiger partial charge in [-0.2, -0.15) is 0 Å². The highest BCUT2D eigenvalue weighted by atomic mass is 35.5. The highest BCUT2D eigenvalue weighted by Crippen LogP contribution is 2.11. The summed E-state index contributed by atoms with van der Waals surface area (Å²) in [7, 11) is 0. The fourth-order valence-electron chi connectivity index (χ4n) is 0.937. The molecule has 0 saturated carbocycles. The van der Waals surface area contributed by atoms with Crippen molar-refractivity contribution in [3.05, 3.63) is 34.9 Å². The van der Waals surface area contributed by atoms with E-state index in [0.29, 0.717) is 23.6 Å². The van der Waals surface area contributed by atoms with Crippen LogP contribution in [0.15, 0.2) is 24.3 Å². The highest BCUT2D eigenvalue weighted by molar-refractivity contribution is 6.31. The second-order valence-corrected chi connectivity index (χ2v) is 2.91. The first kappa shape index (κ1) is 9.23. The minimum atomic E-state index is 0.0417. The van der Waals surface area contributed by atoms with E-state index in [1.807, 2.05) is 0 Å². The number of hydrogen-bond acceptors (Lipinski definition) is 2. The Kier molecular flexibility index (Phi) is 3.26. The van der Waals surface area contributed by atoms with Crippen molar-refractivity contribution in [3.8, 4) is 0 Å². The first-order valence-corrected chi connectivity index (χ1v) is 4.10. The number of ketones is 1. The Morgan fingerprint density at radius 3 is 2.83 bits per heavy atom. The minimum absolute atomic E-state index is 0.0417. The zero-order valence-electron chi connectivity index (χ0n) is 6.59. The second kappa shape index (κ2) is 4.24. The van der Waals surface area contributed by atoms with Crippen LogP contribution in [-0.4, -0.2) is 12.3 Å². The molecule has 2 N–H and O–H groups in total. The molecule has 0 saturated heterocycles. The molecule has 64 valence electrons. The lowest BCUT2D eigenvalue weighted by molar-refractivity contribution is 0.0985. The van der Waals surface area contributed by atoms with Crippen LogP contribution in [0.3, 0.4) is 0 Å². The van der Waals surface area contributed by atoms with Gasteiger partial charge < -0.3 is 5.73 Å². The highest BCUT2D eigenvalue weighted by Gasteiger charge is 2.03. The van der Waals surface area contributed by atoms with Crippen molar-refractivity contribution in [2.24, 2.45) is 5.73 Å². The molecule has 0 aliphatic rings. The Labute approximate surface area is 76.3 Å². The van der Waals surface area contributed by atoms with Crippen molar-refractivity contribution in [3.63, 3.8) is 0 Å². The zero-order valence-corrected chi connectivity index (χ0v) is 7.34. The van der Waals surface area contributed by atoms with Crippen LogP contribution in [0.5, 0.6) is 0 Å². The molecule has 0 aromatic heterocycles. The molecule has 0 radical (unpaired) electrons. The van der Waals surface area contributed by atoms with Crippen molar-refractivity contribution in [1.29, 1.82) is 0 Å². The maximum Gasteiger partial charge on any atom is 0.164 e. The second-order valence-electron chi connectivity index (χ2n) is 2.47. The molecular formula is C9H10ClNO. The van der Waals surface area contributed by atoms with E-state index in [4.69, 9.17) is 17.3 Å². The van der Waals surface area contributed by atoms with Crippen LogP contribution < -0.4 is 5.73 Å². The Balaban J connectivity index is 2.81. The van der Waals surface area contributed by atoms with Gasteiger partial charge in [0.25, 0.3) is 0 Å². The largest absolute Gasteiger partial charge is 0.330 e. The number of nitrogens with two attached hydrogens (primary N) is 1. The number of rotatable bonds is 3. The average Bonchev–Trinajstić information content (AvgIpc) is 2.05. The van der Waals surface area contributed by atoms with Crippen LogP contribution in [0.2, 0.25) is 5.02 Å². The van der Waals surface area contributed by atoms with Gasteiger partial charge in [0.15, 0.2) is 5.78 Å². The van der Waals surface area contributed by atoms with Crippen LogP contribution in [-0.2, 0) is 0 Å². The van der Waals surface area contributed by atoms with E-state index in [9.17, 15) is 4.79 Å². The van der Waals surface area contributed by atoms with Gasteiger partial charge in [-0.05, 0) is 18.7 Å². The normalized spacial score (nSPS) is 9.83. The van der Waals surface area contributed by atoms with Gasteiger partial charge in [-0.25, -0.2) is 0 Å². The molecule has 3 heteroatoms. The lowest BCUT2D eigenvalue weighted by atomic mass is 10.1. The summed E-state index contributed by atoms with van der Waals surface area (Å²) in [5.41, 5.74) is 5.88. The first-order valence-electron chi connectivity index (χ1n) is 3.73. The zero-order chi connectivity index (χ0) is 8.97. The monoisotopic (exact) mass is 183 g/mol. The number of Topliss-reactive ketones (excluding diaryl/α,β-unsaturated/α-hetero) is 1. The molecule has 0 aliphatic carbocycles. The van der Waals surface area contributed by atoms with E-state index in [0.717, 1.165) is 0 Å².